The first kappa shape index (κ1) is 14.6. The van der Waals surface area contributed by atoms with Gasteiger partial charge < -0.3 is 5.11 Å². The third-order valence-corrected chi connectivity index (χ3v) is 5.18. The lowest BCUT2D eigenvalue weighted by molar-refractivity contribution is -0.142. The van der Waals surface area contributed by atoms with Gasteiger partial charge in [0.1, 0.15) is 0 Å². The van der Waals surface area contributed by atoms with E-state index in [0.717, 1.165) is 25.2 Å². The maximum Gasteiger partial charge on any atom is 0.308 e. The second-order valence-electron chi connectivity index (χ2n) is 6.52. The zero-order valence-electron chi connectivity index (χ0n) is 12.7. The molecule has 2 aliphatic rings. The van der Waals surface area contributed by atoms with E-state index in [1.54, 1.807) is 0 Å². The summed E-state index contributed by atoms with van der Waals surface area (Å²) in [6, 6.07) is 2.76. The minimum absolute atomic E-state index is 0.0994. The summed E-state index contributed by atoms with van der Waals surface area (Å²) in [5.41, 5.74) is 1.07. The van der Waals surface area contributed by atoms with Crippen molar-refractivity contribution in [1.82, 2.24) is 14.7 Å². The van der Waals surface area contributed by atoms with Crippen molar-refractivity contribution in [3.63, 3.8) is 0 Å². The van der Waals surface area contributed by atoms with Gasteiger partial charge >= 0.3 is 5.97 Å². The van der Waals surface area contributed by atoms with Crippen LogP contribution in [0, 0.1) is 5.92 Å². The second kappa shape index (κ2) is 6.18. The topological polar surface area (TPSA) is 58.4 Å². The Kier molecular flexibility index (Phi) is 4.29. The molecule has 1 N–H and O–H groups in total. The predicted octanol–water partition coefficient (Wildman–Crippen LogP) is 2.68. The molecular weight excluding hydrogens is 266 g/mol. The molecular formula is C16H25N3O2. The van der Waals surface area contributed by atoms with Crippen LogP contribution < -0.4 is 0 Å². The SMILES string of the molecule is CC1C(C(=O)O)CCN1Cc1ccn(C2CCCCC2)n1. The number of hydrogen-bond acceptors (Lipinski definition) is 3. The molecule has 1 aliphatic carbocycles. The van der Waals surface area contributed by atoms with Crippen molar-refractivity contribution in [2.75, 3.05) is 6.54 Å². The van der Waals surface area contributed by atoms with Crippen molar-refractivity contribution >= 4 is 5.97 Å². The fourth-order valence-electron chi connectivity index (χ4n) is 3.78. The fraction of sp³-hybridized carbons (Fsp3) is 0.750. The van der Waals surface area contributed by atoms with Gasteiger partial charge in [-0.1, -0.05) is 19.3 Å². The van der Waals surface area contributed by atoms with Crippen molar-refractivity contribution in [2.45, 2.75) is 64.1 Å². The van der Waals surface area contributed by atoms with Crippen molar-refractivity contribution in [3.8, 4) is 0 Å². The van der Waals surface area contributed by atoms with Crippen LogP contribution in [0.4, 0.5) is 0 Å². The highest BCUT2D eigenvalue weighted by Crippen LogP contribution is 2.28. The van der Waals surface area contributed by atoms with Gasteiger partial charge in [-0.3, -0.25) is 14.4 Å². The minimum Gasteiger partial charge on any atom is -0.481 e. The summed E-state index contributed by atoms with van der Waals surface area (Å²) in [6.45, 7) is 3.64. The van der Waals surface area contributed by atoms with Crippen LogP contribution in [0.15, 0.2) is 12.3 Å². The lowest BCUT2D eigenvalue weighted by Crippen LogP contribution is -2.32. The van der Waals surface area contributed by atoms with Gasteiger partial charge in [0.25, 0.3) is 0 Å². The maximum absolute atomic E-state index is 11.2. The number of carboxylic acids is 1. The molecule has 1 saturated heterocycles. The Hall–Kier alpha value is -1.36. The quantitative estimate of drug-likeness (QED) is 0.926. The molecule has 0 radical (unpaired) electrons. The molecule has 2 unspecified atom stereocenters. The first-order chi connectivity index (χ1) is 10.1. The van der Waals surface area contributed by atoms with Crippen LogP contribution in [0.3, 0.4) is 0 Å². The second-order valence-corrected chi connectivity index (χ2v) is 6.52. The molecule has 0 bridgehead atoms. The van der Waals surface area contributed by atoms with Gasteiger partial charge in [0.2, 0.25) is 0 Å². The molecule has 0 aromatic carbocycles. The molecule has 3 rings (SSSR count). The van der Waals surface area contributed by atoms with Gasteiger partial charge in [-0.25, -0.2) is 0 Å². The number of nitrogens with zero attached hydrogens (tertiary/aromatic N) is 3. The highest BCUT2D eigenvalue weighted by Gasteiger charge is 2.35. The molecule has 1 aliphatic heterocycles. The van der Waals surface area contributed by atoms with Crippen molar-refractivity contribution in [3.05, 3.63) is 18.0 Å². The summed E-state index contributed by atoms with van der Waals surface area (Å²) in [4.78, 5) is 13.4. The fourth-order valence-corrected chi connectivity index (χ4v) is 3.78. The summed E-state index contributed by atoms with van der Waals surface area (Å²) in [5, 5.41) is 13.9. The summed E-state index contributed by atoms with van der Waals surface area (Å²) < 4.78 is 2.13. The number of hydrogen-bond donors (Lipinski definition) is 1. The standard InChI is InChI=1S/C16H25N3O2/c1-12-15(16(20)21)8-9-18(12)11-13-7-10-19(17-13)14-5-3-2-4-6-14/h7,10,12,14-15H,2-6,8-9,11H2,1H3,(H,20,21). The molecule has 1 aromatic rings. The normalized spacial score (nSPS) is 28.0. The number of aliphatic carboxylic acids is 1. The van der Waals surface area contributed by atoms with E-state index in [9.17, 15) is 9.90 Å². The number of carbonyl (C=O) groups is 1. The average Bonchev–Trinajstić information content (AvgIpc) is 3.08. The Morgan fingerprint density at radius 3 is 2.76 bits per heavy atom. The van der Waals surface area contributed by atoms with E-state index in [1.807, 2.05) is 6.92 Å². The van der Waals surface area contributed by atoms with Crippen LogP contribution in [-0.4, -0.2) is 38.3 Å². The minimum atomic E-state index is -0.669. The van der Waals surface area contributed by atoms with Gasteiger partial charge in [-0.15, -0.1) is 0 Å². The van der Waals surface area contributed by atoms with E-state index in [-0.39, 0.29) is 12.0 Å². The van der Waals surface area contributed by atoms with Crippen LogP contribution >= 0.6 is 0 Å². The Morgan fingerprint density at radius 2 is 2.10 bits per heavy atom. The van der Waals surface area contributed by atoms with Gasteiger partial charge in [-0.2, -0.15) is 5.10 Å². The van der Waals surface area contributed by atoms with E-state index < -0.39 is 5.97 Å². The molecule has 1 saturated carbocycles. The monoisotopic (exact) mass is 291 g/mol. The lowest BCUT2D eigenvalue weighted by Gasteiger charge is -2.23. The van der Waals surface area contributed by atoms with Crippen molar-refractivity contribution < 1.29 is 9.90 Å². The number of likely N-dealkylation sites (tertiary alicyclic amines) is 1. The van der Waals surface area contributed by atoms with Crippen LogP contribution in [0.25, 0.3) is 0 Å². The van der Waals surface area contributed by atoms with Gasteiger partial charge in [-0.05, 0) is 38.8 Å². The van der Waals surface area contributed by atoms with Crippen LogP contribution in [0.1, 0.15) is 57.2 Å². The molecule has 2 atom stereocenters. The molecule has 5 heteroatoms. The molecule has 116 valence electrons. The molecule has 0 spiro atoms. The molecule has 2 heterocycles. The van der Waals surface area contributed by atoms with E-state index in [2.05, 4.69) is 21.8 Å². The zero-order chi connectivity index (χ0) is 14.8. The zero-order valence-corrected chi connectivity index (χ0v) is 12.7. The molecule has 2 fully saturated rings. The van der Waals surface area contributed by atoms with E-state index in [0.29, 0.717) is 6.04 Å². The Balaban J connectivity index is 1.61. The average molecular weight is 291 g/mol. The molecule has 1 aromatic heterocycles. The summed E-state index contributed by atoms with van der Waals surface area (Å²) >= 11 is 0. The smallest absolute Gasteiger partial charge is 0.308 e. The van der Waals surface area contributed by atoms with Crippen molar-refractivity contribution in [2.24, 2.45) is 5.92 Å². The van der Waals surface area contributed by atoms with Crippen LogP contribution in [0.2, 0.25) is 0 Å². The van der Waals surface area contributed by atoms with Gasteiger partial charge in [0, 0.05) is 18.8 Å². The first-order valence-electron chi connectivity index (χ1n) is 8.16. The Labute approximate surface area is 125 Å². The summed E-state index contributed by atoms with van der Waals surface area (Å²) in [5.74, 6) is -0.900. The Bertz CT molecular complexity index is 493. The number of rotatable bonds is 4. The largest absolute Gasteiger partial charge is 0.481 e. The lowest BCUT2D eigenvalue weighted by atomic mass is 9.96. The van der Waals surface area contributed by atoms with Crippen LogP contribution in [-0.2, 0) is 11.3 Å². The summed E-state index contributed by atoms with van der Waals surface area (Å²) in [7, 11) is 0. The highest BCUT2D eigenvalue weighted by atomic mass is 16.4. The maximum atomic E-state index is 11.2. The first-order valence-corrected chi connectivity index (χ1v) is 8.16. The highest BCUT2D eigenvalue weighted by molar-refractivity contribution is 5.71. The van der Waals surface area contributed by atoms with Crippen molar-refractivity contribution in [1.29, 1.82) is 0 Å². The van der Waals surface area contributed by atoms with Gasteiger partial charge in [0.05, 0.1) is 17.7 Å². The molecule has 5 nitrogen and oxygen atoms in total. The third-order valence-electron chi connectivity index (χ3n) is 5.18. The predicted molar refractivity (Wildman–Crippen MR) is 80.0 cm³/mol. The number of aromatic nitrogens is 2. The van der Waals surface area contributed by atoms with E-state index in [1.165, 1.54) is 32.1 Å². The van der Waals surface area contributed by atoms with Crippen LogP contribution in [0.5, 0.6) is 0 Å². The van der Waals surface area contributed by atoms with E-state index in [4.69, 9.17) is 5.10 Å². The van der Waals surface area contributed by atoms with Gasteiger partial charge in [0.15, 0.2) is 0 Å². The number of carboxylic acid groups (broad SMARTS) is 1. The molecule has 0 amide bonds. The molecule has 21 heavy (non-hydrogen) atoms. The van der Waals surface area contributed by atoms with E-state index >= 15 is 0 Å². The summed E-state index contributed by atoms with van der Waals surface area (Å²) in [6.07, 6.45) is 9.30. The third kappa shape index (κ3) is 3.12. The Morgan fingerprint density at radius 1 is 1.33 bits per heavy atom.